The predicted molar refractivity (Wildman–Crippen MR) is 94.8 cm³/mol. The summed E-state index contributed by atoms with van der Waals surface area (Å²) in [6.07, 6.45) is 0.884. The quantitative estimate of drug-likeness (QED) is 0.868. The molecule has 0 heterocycles. The van der Waals surface area contributed by atoms with Crippen LogP contribution in [-0.2, 0) is 4.79 Å². The lowest BCUT2D eigenvalue weighted by Gasteiger charge is -2.10. The number of rotatable bonds is 6. The van der Waals surface area contributed by atoms with Crippen LogP contribution in [0.15, 0.2) is 42.5 Å². The Morgan fingerprint density at radius 3 is 2.79 bits per heavy atom. The van der Waals surface area contributed by atoms with Crippen molar-refractivity contribution in [2.75, 3.05) is 19.0 Å². The third-order valence-corrected chi connectivity index (χ3v) is 4.39. The van der Waals surface area contributed by atoms with E-state index >= 15 is 0 Å². The highest BCUT2D eigenvalue weighted by Gasteiger charge is 2.44. The molecule has 0 spiro atoms. The maximum Gasteiger partial charge on any atom is 0.228 e. The second-order valence-corrected chi connectivity index (χ2v) is 6.13. The second-order valence-electron chi connectivity index (χ2n) is 6.13. The fourth-order valence-corrected chi connectivity index (χ4v) is 3.00. The lowest BCUT2D eigenvalue weighted by atomic mass is 10.1. The van der Waals surface area contributed by atoms with Gasteiger partial charge in [0.25, 0.3) is 0 Å². The summed E-state index contributed by atoms with van der Waals surface area (Å²) in [5.41, 5.74) is 3.00. The minimum atomic E-state index is 0.0315. The molecule has 3 rings (SSSR count). The van der Waals surface area contributed by atoms with Gasteiger partial charge in [-0.1, -0.05) is 12.1 Å². The SMILES string of the molecule is CCOc1ccc(NC(=O)C2CC2c2cccc(OC)c2)cc1C. The van der Waals surface area contributed by atoms with Crippen LogP contribution >= 0.6 is 0 Å². The molecule has 0 saturated heterocycles. The molecule has 1 aliphatic carbocycles. The van der Waals surface area contributed by atoms with Crippen molar-refractivity contribution in [3.8, 4) is 11.5 Å². The van der Waals surface area contributed by atoms with Crippen LogP contribution < -0.4 is 14.8 Å². The number of amides is 1. The van der Waals surface area contributed by atoms with Gasteiger partial charge < -0.3 is 14.8 Å². The van der Waals surface area contributed by atoms with Crippen LogP contribution in [0.25, 0.3) is 0 Å². The topological polar surface area (TPSA) is 47.6 Å². The molecule has 0 bridgehead atoms. The van der Waals surface area contributed by atoms with Crippen LogP contribution in [0.3, 0.4) is 0 Å². The lowest BCUT2D eigenvalue weighted by molar-refractivity contribution is -0.117. The molecule has 1 amide bonds. The zero-order valence-corrected chi connectivity index (χ0v) is 14.3. The summed E-state index contributed by atoms with van der Waals surface area (Å²) in [7, 11) is 1.66. The number of benzene rings is 2. The summed E-state index contributed by atoms with van der Waals surface area (Å²) < 4.78 is 10.8. The monoisotopic (exact) mass is 325 g/mol. The molecular formula is C20H23NO3. The lowest BCUT2D eigenvalue weighted by Crippen LogP contribution is -2.14. The molecule has 2 atom stereocenters. The van der Waals surface area contributed by atoms with Crippen molar-refractivity contribution in [2.24, 2.45) is 5.92 Å². The number of hydrogen-bond acceptors (Lipinski definition) is 3. The van der Waals surface area contributed by atoms with Gasteiger partial charge in [0.15, 0.2) is 0 Å². The summed E-state index contributed by atoms with van der Waals surface area (Å²) in [6.45, 7) is 4.58. The second kappa shape index (κ2) is 6.95. The van der Waals surface area contributed by atoms with Gasteiger partial charge in [0, 0.05) is 11.6 Å². The number of anilines is 1. The average Bonchev–Trinajstić information content (AvgIpc) is 3.38. The third kappa shape index (κ3) is 3.53. The van der Waals surface area contributed by atoms with Gasteiger partial charge in [-0.05, 0) is 67.6 Å². The van der Waals surface area contributed by atoms with E-state index in [1.54, 1.807) is 7.11 Å². The normalized spacial score (nSPS) is 18.8. The molecule has 2 aromatic rings. The van der Waals surface area contributed by atoms with E-state index in [1.807, 2.05) is 50.2 Å². The molecule has 0 aromatic heterocycles. The third-order valence-electron chi connectivity index (χ3n) is 4.39. The van der Waals surface area contributed by atoms with Gasteiger partial charge >= 0.3 is 0 Å². The van der Waals surface area contributed by atoms with Crippen LogP contribution in [0.5, 0.6) is 11.5 Å². The smallest absolute Gasteiger partial charge is 0.228 e. The van der Waals surface area contributed by atoms with Crippen molar-refractivity contribution >= 4 is 11.6 Å². The van der Waals surface area contributed by atoms with E-state index in [-0.39, 0.29) is 17.7 Å². The summed E-state index contributed by atoms with van der Waals surface area (Å²) in [5.74, 6) is 2.08. The number of carbonyl (C=O) groups is 1. The van der Waals surface area contributed by atoms with Crippen LogP contribution in [0, 0.1) is 12.8 Å². The van der Waals surface area contributed by atoms with Gasteiger partial charge in [-0.25, -0.2) is 0 Å². The predicted octanol–water partition coefficient (Wildman–Crippen LogP) is 4.14. The molecule has 2 aromatic carbocycles. The van der Waals surface area contributed by atoms with Gasteiger partial charge in [0.1, 0.15) is 11.5 Å². The van der Waals surface area contributed by atoms with Crippen LogP contribution in [0.4, 0.5) is 5.69 Å². The highest BCUT2D eigenvalue weighted by molar-refractivity contribution is 5.95. The minimum absolute atomic E-state index is 0.0315. The van der Waals surface area contributed by atoms with Crippen molar-refractivity contribution < 1.29 is 14.3 Å². The highest BCUT2D eigenvalue weighted by atomic mass is 16.5. The Kier molecular flexibility index (Phi) is 4.74. The van der Waals surface area contributed by atoms with E-state index in [4.69, 9.17) is 9.47 Å². The molecule has 126 valence electrons. The van der Waals surface area contributed by atoms with Gasteiger partial charge in [-0.2, -0.15) is 0 Å². The molecule has 1 saturated carbocycles. The largest absolute Gasteiger partial charge is 0.497 e. The Morgan fingerprint density at radius 1 is 1.25 bits per heavy atom. The summed E-state index contributed by atoms with van der Waals surface area (Å²) >= 11 is 0. The van der Waals surface area contributed by atoms with Crippen molar-refractivity contribution in [1.29, 1.82) is 0 Å². The fraction of sp³-hybridized carbons (Fsp3) is 0.350. The highest BCUT2D eigenvalue weighted by Crippen LogP contribution is 2.48. The number of methoxy groups -OCH3 is 1. The molecule has 1 N–H and O–H groups in total. The minimum Gasteiger partial charge on any atom is -0.497 e. The number of carbonyl (C=O) groups excluding carboxylic acids is 1. The van der Waals surface area contributed by atoms with E-state index in [9.17, 15) is 4.79 Å². The number of aryl methyl sites for hydroxylation is 1. The molecule has 24 heavy (non-hydrogen) atoms. The first kappa shape index (κ1) is 16.4. The van der Waals surface area contributed by atoms with Crippen molar-refractivity contribution in [3.63, 3.8) is 0 Å². The van der Waals surface area contributed by atoms with Gasteiger partial charge in [-0.15, -0.1) is 0 Å². The van der Waals surface area contributed by atoms with Gasteiger partial charge in [0.2, 0.25) is 5.91 Å². The first-order valence-electron chi connectivity index (χ1n) is 8.30. The molecule has 0 aliphatic heterocycles. The maximum atomic E-state index is 12.5. The van der Waals surface area contributed by atoms with Crippen LogP contribution in [0.2, 0.25) is 0 Å². The fourth-order valence-electron chi connectivity index (χ4n) is 3.00. The number of hydrogen-bond donors (Lipinski definition) is 1. The van der Waals surface area contributed by atoms with E-state index < -0.39 is 0 Å². The Morgan fingerprint density at radius 2 is 2.08 bits per heavy atom. The van der Waals surface area contributed by atoms with Crippen LogP contribution in [-0.4, -0.2) is 19.6 Å². The van der Waals surface area contributed by atoms with E-state index in [0.717, 1.165) is 34.7 Å². The summed E-state index contributed by atoms with van der Waals surface area (Å²) in [4.78, 5) is 12.5. The average molecular weight is 325 g/mol. The molecule has 4 heteroatoms. The Bertz CT molecular complexity index is 741. The van der Waals surface area contributed by atoms with Crippen molar-refractivity contribution in [1.82, 2.24) is 0 Å². The zero-order valence-electron chi connectivity index (χ0n) is 14.3. The molecule has 1 fully saturated rings. The number of ether oxygens (including phenoxy) is 2. The first-order chi connectivity index (χ1) is 11.6. The van der Waals surface area contributed by atoms with E-state index in [2.05, 4.69) is 11.4 Å². The molecule has 1 aliphatic rings. The van der Waals surface area contributed by atoms with Gasteiger partial charge in [-0.3, -0.25) is 4.79 Å². The van der Waals surface area contributed by atoms with E-state index in [0.29, 0.717) is 6.61 Å². The van der Waals surface area contributed by atoms with Crippen LogP contribution in [0.1, 0.15) is 30.4 Å². The van der Waals surface area contributed by atoms with Crippen molar-refractivity contribution in [3.05, 3.63) is 53.6 Å². The Labute approximate surface area is 142 Å². The molecular weight excluding hydrogens is 302 g/mol. The molecule has 0 radical (unpaired) electrons. The molecule has 2 unspecified atom stereocenters. The first-order valence-corrected chi connectivity index (χ1v) is 8.30. The van der Waals surface area contributed by atoms with Gasteiger partial charge in [0.05, 0.1) is 13.7 Å². The Balaban J connectivity index is 1.63. The zero-order chi connectivity index (χ0) is 17.1. The maximum absolute atomic E-state index is 12.5. The van der Waals surface area contributed by atoms with E-state index in [1.165, 1.54) is 0 Å². The summed E-state index contributed by atoms with van der Waals surface area (Å²) in [5, 5.41) is 3.02. The summed E-state index contributed by atoms with van der Waals surface area (Å²) in [6, 6.07) is 13.7. The number of nitrogens with one attached hydrogen (secondary N) is 1. The van der Waals surface area contributed by atoms with Crippen molar-refractivity contribution in [2.45, 2.75) is 26.2 Å². The molecule has 4 nitrogen and oxygen atoms in total. The standard InChI is InChI=1S/C20H23NO3/c1-4-24-19-9-8-15(10-13(19)2)21-20(22)18-12-17(18)14-6-5-7-16(11-14)23-3/h5-11,17-18H,4,12H2,1-3H3,(H,21,22). The Hall–Kier alpha value is -2.49.